The molecule has 0 spiro atoms. The Kier molecular flexibility index (Phi) is 3.99. The first-order valence-electron chi connectivity index (χ1n) is 5.76. The van der Waals surface area contributed by atoms with E-state index in [9.17, 15) is 4.79 Å². The minimum atomic E-state index is 0.428. The van der Waals surface area contributed by atoms with Crippen LogP contribution in [0.3, 0.4) is 0 Å². The molecule has 0 amide bonds. The molecule has 0 bridgehead atoms. The van der Waals surface area contributed by atoms with Crippen molar-refractivity contribution in [3.05, 3.63) is 28.7 Å². The van der Waals surface area contributed by atoms with Gasteiger partial charge in [0.05, 0.1) is 0 Å². The Morgan fingerprint density at radius 1 is 1.25 bits per heavy atom. The van der Waals surface area contributed by atoms with Crippen LogP contribution >= 0.6 is 15.9 Å². The molecule has 0 aromatic heterocycles. The number of carbonyl (C=O) groups is 1. The zero-order valence-corrected chi connectivity index (χ0v) is 10.8. The van der Waals surface area contributed by atoms with Crippen LogP contribution in [0.5, 0.6) is 0 Å². The van der Waals surface area contributed by atoms with Crippen molar-refractivity contribution < 1.29 is 4.79 Å². The van der Waals surface area contributed by atoms with Gasteiger partial charge in [0.15, 0.2) is 0 Å². The number of Topliss-reactive ketones (excluding diaryl/α,β-unsaturated/α-hetero) is 1. The van der Waals surface area contributed by atoms with Crippen molar-refractivity contribution in [2.24, 2.45) is 5.92 Å². The van der Waals surface area contributed by atoms with Gasteiger partial charge in [0.25, 0.3) is 0 Å². The van der Waals surface area contributed by atoms with Crippen LogP contribution in [0.15, 0.2) is 28.7 Å². The molecule has 0 atom stereocenters. The third kappa shape index (κ3) is 3.08. The van der Waals surface area contributed by atoms with Crippen LogP contribution in [-0.2, 0) is 4.79 Å². The Hall–Kier alpha value is -0.830. The number of anilines is 1. The van der Waals surface area contributed by atoms with Gasteiger partial charge in [0.2, 0.25) is 0 Å². The second-order valence-corrected chi connectivity index (χ2v) is 5.20. The van der Waals surface area contributed by atoms with Crippen LogP contribution in [0.4, 0.5) is 5.69 Å². The number of nitrogens with one attached hydrogen (secondary N) is 1. The molecule has 1 saturated carbocycles. The van der Waals surface area contributed by atoms with Crippen LogP contribution in [0.1, 0.15) is 25.7 Å². The second kappa shape index (κ2) is 5.48. The normalized spacial score (nSPS) is 17.4. The van der Waals surface area contributed by atoms with Gasteiger partial charge in [-0.3, -0.25) is 4.79 Å². The summed E-state index contributed by atoms with van der Waals surface area (Å²) in [6.07, 6.45) is 3.61. The molecule has 0 aliphatic heterocycles. The summed E-state index contributed by atoms with van der Waals surface area (Å²) >= 11 is 3.51. The number of para-hydroxylation sites is 1. The molecular formula is C13H16BrNO. The van der Waals surface area contributed by atoms with Gasteiger partial charge >= 0.3 is 0 Å². The van der Waals surface area contributed by atoms with E-state index >= 15 is 0 Å². The molecule has 1 N–H and O–H groups in total. The van der Waals surface area contributed by atoms with Crippen molar-refractivity contribution in [3.63, 3.8) is 0 Å². The van der Waals surface area contributed by atoms with Gasteiger partial charge in [-0.1, -0.05) is 12.1 Å². The lowest BCUT2D eigenvalue weighted by atomic mass is 9.88. The monoisotopic (exact) mass is 281 g/mol. The van der Waals surface area contributed by atoms with E-state index in [0.717, 1.165) is 42.4 Å². The van der Waals surface area contributed by atoms with Gasteiger partial charge in [-0.25, -0.2) is 0 Å². The highest BCUT2D eigenvalue weighted by Gasteiger charge is 2.18. The minimum absolute atomic E-state index is 0.428. The number of rotatable bonds is 3. The molecule has 1 aliphatic rings. The summed E-state index contributed by atoms with van der Waals surface area (Å²) < 4.78 is 1.10. The zero-order chi connectivity index (χ0) is 11.4. The number of ketones is 1. The lowest BCUT2D eigenvalue weighted by molar-refractivity contribution is -0.120. The fourth-order valence-electron chi connectivity index (χ4n) is 2.06. The lowest BCUT2D eigenvalue weighted by Gasteiger charge is -2.22. The molecule has 2 nitrogen and oxygen atoms in total. The Balaban J connectivity index is 1.84. The molecule has 1 aromatic rings. The van der Waals surface area contributed by atoms with E-state index in [0.29, 0.717) is 11.7 Å². The van der Waals surface area contributed by atoms with Crippen molar-refractivity contribution >= 4 is 27.4 Å². The first-order chi connectivity index (χ1) is 7.75. The van der Waals surface area contributed by atoms with Crippen molar-refractivity contribution in [1.82, 2.24) is 0 Å². The molecule has 2 rings (SSSR count). The largest absolute Gasteiger partial charge is 0.384 e. The number of benzene rings is 1. The highest BCUT2D eigenvalue weighted by Crippen LogP contribution is 2.25. The molecule has 0 saturated heterocycles. The SMILES string of the molecule is O=C1CCC(CNc2ccccc2Br)CC1. The van der Waals surface area contributed by atoms with E-state index in [1.807, 2.05) is 18.2 Å². The van der Waals surface area contributed by atoms with Crippen LogP contribution in [0.2, 0.25) is 0 Å². The fourth-order valence-corrected chi connectivity index (χ4v) is 2.49. The van der Waals surface area contributed by atoms with E-state index in [2.05, 4.69) is 27.3 Å². The number of halogens is 1. The summed E-state index contributed by atoms with van der Waals surface area (Å²) in [5, 5.41) is 3.44. The Labute approximate surface area is 105 Å². The highest BCUT2D eigenvalue weighted by molar-refractivity contribution is 9.10. The maximum Gasteiger partial charge on any atom is 0.132 e. The predicted molar refractivity (Wildman–Crippen MR) is 69.6 cm³/mol. The Morgan fingerprint density at radius 2 is 1.94 bits per heavy atom. The maximum atomic E-state index is 11.1. The van der Waals surface area contributed by atoms with E-state index < -0.39 is 0 Å². The van der Waals surface area contributed by atoms with Crippen LogP contribution in [-0.4, -0.2) is 12.3 Å². The third-order valence-corrected chi connectivity index (χ3v) is 3.81. The summed E-state index contributed by atoms with van der Waals surface area (Å²) in [5.41, 5.74) is 1.14. The van der Waals surface area contributed by atoms with Gasteiger partial charge in [-0.15, -0.1) is 0 Å². The van der Waals surface area contributed by atoms with Gasteiger partial charge < -0.3 is 5.32 Å². The van der Waals surface area contributed by atoms with Gasteiger partial charge in [0.1, 0.15) is 5.78 Å². The van der Waals surface area contributed by atoms with Gasteiger partial charge in [-0.05, 0) is 46.8 Å². The summed E-state index contributed by atoms with van der Waals surface area (Å²) in [7, 11) is 0. The Bertz CT molecular complexity index is 368. The van der Waals surface area contributed by atoms with Crippen LogP contribution in [0, 0.1) is 5.92 Å². The fraction of sp³-hybridized carbons (Fsp3) is 0.462. The van der Waals surface area contributed by atoms with Crippen molar-refractivity contribution in [2.75, 3.05) is 11.9 Å². The van der Waals surface area contributed by atoms with E-state index in [-0.39, 0.29) is 0 Å². The van der Waals surface area contributed by atoms with Crippen molar-refractivity contribution in [3.8, 4) is 0 Å². The predicted octanol–water partition coefficient (Wildman–Crippen LogP) is 3.62. The van der Waals surface area contributed by atoms with Gasteiger partial charge in [0, 0.05) is 29.5 Å². The van der Waals surface area contributed by atoms with E-state index in [1.165, 1.54) is 0 Å². The Morgan fingerprint density at radius 3 is 2.62 bits per heavy atom. The summed E-state index contributed by atoms with van der Waals surface area (Å²) in [6, 6.07) is 8.14. The minimum Gasteiger partial charge on any atom is -0.384 e. The molecule has 1 fully saturated rings. The second-order valence-electron chi connectivity index (χ2n) is 4.34. The molecule has 3 heteroatoms. The summed E-state index contributed by atoms with van der Waals surface area (Å²) in [6.45, 7) is 0.968. The molecule has 0 heterocycles. The zero-order valence-electron chi connectivity index (χ0n) is 9.21. The van der Waals surface area contributed by atoms with E-state index in [4.69, 9.17) is 0 Å². The third-order valence-electron chi connectivity index (χ3n) is 3.12. The molecule has 1 aromatic carbocycles. The first kappa shape index (κ1) is 11.6. The molecule has 0 radical (unpaired) electrons. The lowest BCUT2D eigenvalue weighted by Crippen LogP contribution is -2.21. The standard InChI is InChI=1S/C13H16BrNO/c14-12-3-1-2-4-13(12)15-9-10-5-7-11(16)8-6-10/h1-4,10,15H,5-9H2. The van der Waals surface area contributed by atoms with Crippen molar-refractivity contribution in [1.29, 1.82) is 0 Å². The molecular weight excluding hydrogens is 266 g/mol. The van der Waals surface area contributed by atoms with Crippen LogP contribution < -0.4 is 5.32 Å². The summed E-state index contributed by atoms with van der Waals surface area (Å²) in [4.78, 5) is 11.1. The summed E-state index contributed by atoms with van der Waals surface area (Å²) in [5.74, 6) is 1.07. The smallest absolute Gasteiger partial charge is 0.132 e. The topological polar surface area (TPSA) is 29.1 Å². The average Bonchev–Trinajstić information content (AvgIpc) is 2.30. The number of hydrogen-bond acceptors (Lipinski definition) is 2. The first-order valence-corrected chi connectivity index (χ1v) is 6.55. The molecule has 0 unspecified atom stereocenters. The quantitative estimate of drug-likeness (QED) is 0.917. The highest BCUT2D eigenvalue weighted by atomic mass is 79.9. The molecule has 1 aliphatic carbocycles. The van der Waals surface area contributed by atoms with Crippen molar-refractivity contribution in [2.45, 2.75) is 25.7 Å². The van der Waals surface area contributed by atoms with E-state index in [1.54, 1.807) is 0 Å². The number of hydrogen-bond donors (Lipinski definition) is 1. The molecule has 16 heavy (non-hydrogen) atoms. The number of carbonyl (C=O) groups excluding carboxylic acids is 1. The van der Waals surface area contributed by atoms with Gasteiger partial charge in [-0.2, -0.15) is 0 Å². The van der Waals surface area contributed by atoms with Crippen LogP contribution in [0.25, 0.3) is 0 Å². The maximum absolute atomic E-state index is 11.1. The average molecular weight is 282 g/mol. The molecule has 86 valence electrons.